The van der Waals surface area contributed by atoms with E-state index in [-0.39, 0.29) is 25.3 Å². The molecule has 0 saturated heterocycles. The molecule has 0 bridgehead atoms. The molecule has 1 N–H and O–H groups in total. The van der Waals surface area contributed by atoms with Gasteiger partial charge in [-0.25, -0.2) is 4.68 Å². The first kappa shape index (κ1) is 18.0. The standard InChI is InChI=1S/C13H19F2N3O4/c1-8-10(9(2)18(16-8)13(14)15)6-11(19)17(4-5-22-3)7-12(20)21/h13H,4-7H2,1-3H3,(H,20,21). The maximum absolute atomic E-state index is 12.8. The summed E-state index contributed by atoms with van der Waals surface area (Å²) in [6.07, 6.45) is -0.179. The summed E-state index contributed by atoms with van der Waals surface area (Å²) in [6, 6.07) is 0. The van der Waals surface area contributed by atoms with Crippen molar-refractivity contribution in [2.75, 3.05) is 26.8 Å². The van der Waals surface area contributed by atoms with E-state index in [9.17, 15) is 18.4 Å². The number of aromatic nitrogens is 2. The average molecular weight is 319 g/mol. The van der Waals surface area contributed by atoms with E-state index in [0.29, 0.717) is 15.9 Å². The van der Waals surface area contributed by atoms with Crippen molar-refractivity contribution < 1.29 is 28.2 Å². The summed E-state index contributed by atoms with van der Waals surface area (Å²) < 4.78 is 30.9. The number of carbonyl (C=O) groups is 2. The maximum Gasteiger partial charge on any atom is 0.333 e. The zero-order valence-corrected chi connectivity index (χ0v) is 12.7. The SMILES string of the molecule is COCCN(CC(=O)O)C(=O)Cc1c(C)nn(C(F)F)c1C. The molecule has 1 rings (SSSR count). The molecule has 0 saturated carbocycles. The highest BCUT2D eigenvalue weighted by Gasteiger charge is 2.22. The van der Waals surface area contributed by atoms with Crippen molar-refractivity contribution in [2.45, 2.75) is 26.8 Å². The minimum Gasteiger partial charge on any atom is -0.480 e. The molecule has 1 aromatic heterocycles. The van der Waals surface area contributed by atoms with E-state index in [1.807, 2.05) is 0 Å². The molecule has 1 heterocycles. The van der Waals surface area contributed by atoms with Gasteiger partial charge in [0, 0.05) is 24.9 Å². The summed E-state index contributed by atoms with van der Waals surface area (Å²) in [7, 11) is 1.43. The molecule has 1 amide bonds. The number of hydrogen-bond acceptors (Lipinski definition) is 4. The van der Waals surface area contributed by atoms with E-state index in [4.69, 9.17) is 9.84 Å². The molecule has 0 atom stereocenters. The molecule has 0 fully saturated rings. The number of carbonyl (C=O) groups excluding carboxylic acids is 1. The number of amides is 1. The van der Waals surface area contributed by atoms with Crippen LogP contribution in [0.15, 0.2) is 0 Å². The van der Waals surface area contributed by atoms with Crippen molar-refractivity contribution in [3.8, 4) is 0 Å². The lowest BCUT2D eigenvalue weighted by Crippen LogP contribution is -2.39. The Morgan fingerprint density at radius 2 is 2.05 bits per heavy atom. The Balaban J connectivity index is 2.91. The summed E-state index contributed by atoms with van der Waals surface area (Å²) in [5.41, 5.74) is 0.911. The van der Waals surface area contributed by atoms with Crippen LogP contribution in [0, 0.1) is 13.8 Å². The number of nitrogens with zero attached hydrogens (tertiary/aromatic N) is 3. The van der Waals surface area contributed by atoms with Crippen LogP contribution in [0.2, 0.25) is 0 Å². The van der Waals surface area contributed by atoms with Gasteiger partial charge in [0.2, 0.25) is 5.91 Å². The minimum absolute atomic E-state index is 0.114. The summed E-state index contributed by atoms with van der Waals surface area (Å²) in [4.78, 5) is 24.1. The lowest BCUT2D eigenvalue weighted by molar-refractivity contribution is -0.144. The third-order valence-corrected chi connectivity index (χ3v) is 3.23. The van der Waals surface area contributed by atoms with Gasteiger partial charge in [0.15, 0.2) is 0 Å². The second kappa shape index (κ2) is 7.83. The van der Waals surface area contributed by atoms with E-state index in [2.05, 4.69) is 5.10 Å². The van der Waals surface area contributed by atoms with Crippen LogP contribution < -0.4 is 0 Å². The van der Waals surface area contributed by atoms with Crippen LogP contribution in [-0.4, -0.2) is 58.5 Å². The Morgan fingerprint density at radius 1 is 1.41 bits per heavy atom. The van der Waals surface area contributed by atoms with Crippen LogP contribution in [0.25, 0.3) is 0 Å². The summed E-state index contributed by atoms with van der Waals surface area (Å²) in [5, 5.41) is 12.5. The largest absolute Gasteiger partial charge is 0.480 e. The fourth-order valence-corrected chi connectivity index (χ4v) is 2.06. The predicted molar refractivity (Wildman–Crippen MR) is 72.7 cm³/mol. The van der Waals surface area contributed by atoms with Crippen molar-refractivity contribution >= 4 is 11.9 Å². The van der Waals surface area contributed by atoms with Gasteiger partial charge in [0.1, 0.15) is 6.54 Å². The molecule has 124 valence electrons. The minimum atomic E-state index is -2.79. The molecule has 0 aliphatic rings. The van der Waals surface area contributed by atoms with Gasteiger partial charge in [-0.15, -0.1) is 0 Å². The highest BCUT2D eigenvalue weighted by Crippen LogP contribution is 2.20. The Morgan fingerprint density at radius 3 is 2.50 bits per heavy atom. The summed E-state index contributed by atoms with van der Waals surface area (Å²) in [6.45, 7) is 0.0294. The van der Waals surface area contributed by atoms with Crippen LogP contribution in [0.5, 0.6) is 0 Å². The van der Waals surface area contributed by atoms with Gasteiger partial charge in [-0.3, -0.25) is 9.59 Å². The van der Waals surface area contributed by atoms with Crippen molar-refractivity contribution in [1.82, 2.24) is 14.7 Å². The monoisotopic (exact) mass is 319 g/mol. The van der Waals surface area contributed by atoms with Crippen LogP contribution in [-0.2, 0) is 20.7 Å². The van der Waals surface area contributed by atoms with E-state index >= 15 is 0 Å². The quantitative estimate of drug-likeness (QED) is 0.772. The molecule has 0 aliphatic carbocycles. The zero-order chi connectivity index (χ0) is 16.9. The molecule has 0 aromatic carbocycles. The van der Waals surface area contributed by atoms with Crippen molar-refractivity contribution in [1.29, 1.82) is 0 Å². The van der Waals surface area contributed by atoms with Crippen LogP contribution >= 0.6 is 0 Å². The van der Waals surface area contributed by atoms with E-state index < -0.39 is 25.0 Å². The van der Waals surface area contributed by atoms with E-state index in [1.165, 1.54) is 21.0 Å². The number of rotatable bonds is 8. The number of halogens is 2. The Kier molecular flexibility index (Phi) is 6.41. The average Bonchev–Trinajstić information content (AvgIpc) is 2.71. The van der Waals surface area contributed by atoms with Gasteiger partial charge in [-0.1, -0.05) is 0 Å². The van der Waals surface area contributed by atoms with Gasteiger partial charge >= 0.3 is 12.5 Å². The van der Waals surface area contributed by atoms with Crippen molar-refractivity contribution in [3.05, 3.63) is 17.0 Å². The number of carboxylic acids is 1. The van der Waals surface area contributed by atoms with Crippen LogP contribution in [0.4, 0.5) is 8.78 Å². The number of alkyl halides is 2. The second-order valence-corrected chi connectivity index (χ2v) is 4.75. The summed E-state index contributed by atoms with van der Waals surface area (Å²) in [5.74, 6) is -1.62. The van der Waals surface area contributed by atoms with Crippen LogP contribution in [0.3, 0.4) is 0 Å². The fraction of sp³-hybridized carbons (Fsp3) is 0.615. The van der Waals surface area contributed by atoms with E-state index in [1.54, 1.807) is 0 Å². The van der Waals surface area contributed by atoms with E-state index in [0.717, 1.165) is 4.90 Å². The topological polar surface area (TPSA) is 84.7 Å². The molecule has 0 spiro atoms. The van der Waals surface area contributed by atoms with Gasteiger partial charge < -0.3 is 14.7 Å². The number of aliphatic carboxylic acids is 1. The lowest BCUT2D eigenvalue weighted by Gasteiger charge is -2.20. The van der Waals surface area contributed by atoms with Crippen molar-refractivity contribution in [2.24, 2.45) is 0 Å². The molecule has 7 nitrogen and oxygen atoms in total. The molecule has 0 unspecified atom stereocenters. The smallest absolute Gasteiger partial charge is 0.333 e. The van der Waals surface area contributed by atoms with Gasteiger partial charge in [0.25, 0.3) is 0 Å². The molecule has 9 heteroatoms. The molecule has 1 aromatic rings. The first-order valence-electron chi connectivity index (χ1n) is 6.59. The third kappa shape index (κ3) is 4.48. The number of carboxylic acid groups (broad SMARTS) is 1. The number of methoxy groups -OCH3 is 1. The number of hydrogen-bond donors (Lipinski definition) is 1. The molecular weight excluding hydrogens is 300 g/mol. The third-order valence-electron chi connectivity index (χ3n) is 3.23. The summed E-state index contributed by atoms with van der Waals surface area (Å²) >= 11 is 0. The maximum atomic E-state index is 12.8. The van der Waals surface area contributed by atoms with Gasteiger partial charge in [-0.2, -0.15) is 13.9 Å². The molecule has 0 radical (unpaired) electrons. The van der Waals surface area contributed by atoms with Crippen molar-refractivity contribution in [3.63, 3.8) is 0 Å². The molecule has 0 aliphatic heterocycles. The number of ether oxygens (including phenoxy) is 1. The normalized spacial score (nSPS) is 11.0. The lowest BCUT2D eigenvalue weighted by atomic mass is 10.1. The molecule has 22 heavy (non-hydrogen) atoms. The highest BCUT2D eigenvalue weighted by molar-refractivity contribution is 5.83. The Hall–Kier alpha value is -2.03. The zero-order valence-electron chi connectivity index (χ0n) is 12.7. The van der Waals surface area contributed by atoms with Gasteiger partial charge in [-0.05, 0) is 13.8 Å². The Bertz CT molecular complexity index is 546. The Labute approximate surface area is 126 Å². The first-order chi connectivity index (χ1) is 10.3. The first-order valence-corrected chi connectivity index (χ1v) is 6.59. The predicted octanol–water partition coefficient (Wildman–Crippen LogP) is 0.997. The number of aryl methyl sites for hydroxylation is 1. The second-order valence-electron chi connectivity index (χ2n) is 4.75. The van der Waals surface area contributed by atoms with Crippen LogP contribution in [0.1, 0.15) is 23.5 Å². The highest BCUT2D eigenvalue weighted by atomic mass is 19.3. The van der Waals surface area contributed by atoms with Gasteiger partial charge in [0.05, 0.1) is 18.7 Å². The molecular formula is C13H19F2N3O4. The fourth-order valence-electron chi connectivity index (χ4n) is 2.06.